The van der Waals surface area contributed by atoms with Gasteiger partial charge in [0.15, 0.2) is 0 Å². The summed E-state index contributed by atoms with van der Waals surface area (Å²) in [5.41, 5.74) is -0.211. The third-order valence-corrected chi connectivity index (χ3v) is 1.84. The molecule has 0 saturated carbocycles. The summed E-state index contributed by atoms with van der Waals surface area (Å²) in [6.45, 7) is 5.05. The second-order valence-corrected chi connectivity index (χ2v) is 4.52. The zero-order chi connectivity index (χ0) is 13.1. The highest BCUT2D eigenvalue weighted by Crippen LogP contribution is 2.11. The molecule has 0 fully saturated rings. The Hall–Kier alpha value is -2.15. The lowest BCUT2D eigenvalue weighted by atomic mass is 10.1. The van der Waals surface area contributed by atoms with E-state index in [1.165, 1.54) is 12.1 Å². The normalized spacial score (nSPS) is 10.5. The van der Waals surface area contributed by atoms with Crippen LogP contribution < -0.4 is 0 Å². The number of hydrogen-bond acceptors (Lipinski definition) is 4. The van der Waals surface area contributed by atoms with E-state index in [9.17, 15) is 9.59 Å². The van der Waals surface area contributed by atoms with E-state index in [1.54, 1.807) is 32.9 Å². The van der Waals surface area contributed by atoms with Gasteiger partial charge in [-0.1, -0.05) is 12.1 Å². The number of carbonyl (C=O) groups excluding carboxylic acids is 2. The molecule has 0 amide bonds. The maximum Gasteiger partial charge on any atom is 0.380 e. The van der Waals surface area contributed by atoms with Gasteiger partial charge in [-0.2, -0.15) is 5.26 Å². The van der Waals surface area contributed by atoms with Crippen LogP contribution in [0.2, 0.25) is 0 Å². The molecule has 17 heavy (non-hydrogen) atoms. The number of esters is 1. The van der Waals surface area contributed by atoms with Gasteiger partial charge in [-0.15, -0.1) is 0 Å². The second kappa shape index (κ2) is 4.79. The van der Waals surface area contributed by atoms with Gasteiger partial charge in [-0.05, 0) is 32.9 Å². The number of hydrogen-bond donors (Lipinski definition) is 0. The minimum absolute atomic E-state index is 0.165. The molecule has 0 aromatic heterocycles. The smallest absolute Gasteiger partial charge is 0.380 e. The molecule has 0 unspecified atom stereocenters. The molecule has 1 aromatic carbocycles. The topological polar surface area (TPSA) is 67.2 Å². The lowest BCUT2D eigenvalue weighted by Crippen LogP contribution is -2.29. The Labute approximate surface area is 99.8 Å². The van der Waals surface area contributed by atoms with E-state index in [1.807, 2.05) is 6.07 Å². The molecular formula is C13H13NO3. The van der Waals surface area contributed by atoms with Crippen LogP contribution in [-0.2, 0) is 9.53 Å². The number of carbonyl (C=O) groups is 2. The summed E-state index contributed by atoms with van der Waals surface area (Å²) in [6.07, 6.45) is 0. The first-order valence-corrected chi connectivity index (χ1v) is 5.11. The van der Waals surface area contributed by atoms with Gasteiger partial charge in [0.1, 0.15) is 5.60 Å². The van der Waals surface area contributed by atoms with Crippen molar-refractivity contribution in [3.63, 3.8) is 0 Å². The highest BCUT2D eigenvalue weighted by atomic mass is 16.6. The van der Waals surface area contributed by atoms with Gasteiger partial charge in [-0.25, -0.2) is 4.79 Å². The van der Waals surface area contributed by atoms with Crippen molar-refractivity contribution in [1.29, 1.82) is 5.26 Å². The Kier molecular flexibility index (Phi) is 3.64. The van der Waals surface area contributed by atoms with Crippen LogP contribution in [0.3, 0.4) is 0 Å². The molecule has 0 heterocycles. The SMILES string of the molecule is CC(C)(C)OC(=O)C(=O)c1cccc(C#N)c1. The Bertz CT molecular complexity index is 492. The predicted molar refractivity (Wildman–Crippen MR) is 61.3 cm³/mol. The Morgan fingerprint density at radius 3 is 2.47 bits per heavy atom. The lowest BCUT2D eigenvalue weighted by molar-refractivity contribution is -0.148. The predicted octanol–water partition coefficient (Wildman–Crippen LogP) is 2.08. The summed E-state index contributed by atoms with van der Waals surface area (Å²) >= 11 is 0. The van der Waals surface area contributed by atoms with Crippen LogP contribution in [0.15, 0.2) is 24.3 Å². The molecule has 0 saturated heterocycles. The van der Waals surface area contributed by atoms with Crippen LogP contribution in [0.5, 0.6) is 0 Å². The van der Waals surface area contributed by atoms with Gasteiger partial charge in [0.2, 0.25) is 0 Å². The van der Waals surface area contributed by atoms with E-state index in [4.69, 9.17) is 10.00 Å². The Balaban J connectivity index is 2.90. The first-order valence-electron chi connectivity index (χ1n) is 5.11. The Morgan fingerprint density at radius 2 is 1.94 bits per heavy atom. The first-order chi connectivity index (χ1) is 7.83. The number of benzene rings is 1. The quantitative estimate of drug-likeness (QED) is 0.444. The molecule has 0 atom stereocenters. The molecule has 0 N–H and O–H groups in total. The molecule has 0 aliphatic rings. The molecule has 1 rings (SSSR count). The van der Waals surface area contributed by atoms with Crippen LogP contribution in [-0.4, -0.2) is 17.4 Å². The molecule has 4 heteroatoms. The average Bonchev–Trinajstić information content (AvgIpc) is 2.26. The lowest BCUT2D eigenvalue weighted by Gasteiger charge is -2.18. The van der Waals surface area contributed by atoms with E-state index >= 15 is 0 Å². The van der Waals surface area contributed by atoms with Crippen LogP contribution in [0, 0.1) is 11.3 Å². The number of Topliss-reactive ketones (excluding diaryl/α,β-unsaturated/α-hetero) is 1. The summed E-state index contributed by atoms with van der Waals surface area (Å²) in [5, 5.41) is 8.69. The number of rotatable bonds is 2. The zero-order valence-electron chi connectivity index (χ0n) is 9.98. The standard InChI is InChI=1S/C13H13NO3/c1-13(2,3)17-12(16)11(15)10-6-4-5-9(7-10)8-14/h4-7H,1-3H3. The molecule has 0 aliphatic carbocycles. The van der Waals surface area contributed by atoms with Crippen molar-refractivity contribution in [2.75, 3.05) is 0 Å². The third-order valence-electron chi connectivity index (χ3n) is 1.84. The molecule has 0 spiro atoms. The van der Waals surface area contributed by atoms with E-state index in [2.05, 4.69) is 0 Å². The molecule has 88 valence electrons. The van der Waals surface area contributed by atoms with Gasteiger partial charge in [0.05, 0.1) is 11.6 Å². The molecule has 0 radical (unpaired) electrons. The summed E-state index contributed by atoms with van der Waals surface area (Å²) in [7, 11) is 0. The summed E-state index contributed by atoms with van der Waals surface area (Å²) in [5.74, 6) is -1.65. The fourth-order valence-electron chi connectivity index (χ4n) is 1.17. The van der Waals surface area contributed by atoms with Crippen LogP contribution in [0.1, 0.15) is 36.7 Å². The molecule has 0 bridgehead atoms. The average molecular weight is 231 g/mol. The number of ether oxygens (including phenoxy) is 1. The highest BCUT2D eigenvalue weighted by molar-refractivity contribution is 6.40. The monoisotopic (exact) mass is 231 g/mol. The van der Waals surface area contributed by atoms with Crippen molar-refractivity contribution < 1.29 is 14.3 Å². The number of ketones is 1. The van der Waals surface area contributed by atoms with Crippen molar-refractivity contribution in [3.05, 3.63) is 35.4 Å². The fourth-order valence-corrected chi connectivity index (χ4v) is 1.17. The summed E-state index contributed by atoms with van der Waals surface area (Å²) < 4.78 is 4.96. The molecule has 4 nitrogen and oxygen atoms in total. The van der Waals surface area contributed by atoms with Crippen LogP contribution >= 0.6 is 0 Å². The van der Waals surface area contributed by atoms with Gasteiger partial charge in [-0.3, -0.25) is 4.79 Å². The largest absolute Gasteiger partial charge is 0.454 e. The summed E-state index contributed by atoms with van der Waals surface area (Å²) in [6, 6.07) is 7.86. The van der Waals surface area contributed by atoms with Crippen molar-refractivity contribution >= 4 is 11.8 Å². The van der Waals surface area contributed by atoms with Crippen LogP contribution in [0.25, 0.3) is 0 Å². The molecule has 1 aromatic rings. The van der Waals surface area contributed by atoms with E-state index in [-0.39, 0.29) is 5.56 Å². The van der Waals surface area contributed by atoms with E-state index in [0.717, 1.165) is 0 Å². The summed E-state index contributed by atoms with van der Waals surface area (Å²) in [4.78, 5) is 23.2. The van der Waals surface area contributed by atoms with Crippen molar-refractivity contribution in [3.8, 4) is 6.07 Å². The van der Waals surface area contributed by atoms with Crippen molar-refractivity contribution in [2.45, 2.75) is 26.4 Å². The third kappa shape index (κ3) is 3.72. The molecular weight excluding hydrogens is 218 g/mol. The van der Waals surface area contributed by atoms with Gasteiger partial charge >= 0.3 is 5.97 Å². The molecule has 0 aliphatic heterocycles. The highest BCUT2D eigenvalue weighted by Gasteiger charge is 2.24. The van der Waals surface area contributed by atoms with E-state index in [0.29, 0.717) is 5.56 Å². The maximum absolute atomic E-state index is 11.7. The van der Waals surface area contributed by atoms with Gasteiger partial charge in [0.25, 0.3) is 5.78 Å². The fraction of sp³-hybridized carbons (Fsp3) is 0.308. The number of nitriles is 1. The van der Waals surface area contributed by atoms with Gasteiger partial charge < -0.3 is 4.74 Å². The second-order valence-electron chi connectivity index (χ2n) is 4.52. The first kappa shape index (κ1) is 12.9. The minimum atomic E-state index is -0.910. The van der Waals surface area contributed by atoms with Crippen molar-refractivity contribution in [2.24, 2.45) is 0 Å². The zero-order valence-corrected chi connectivity index (χ0v) is 9.98. The maximum atomic E-state index is 11.7. The minimum Gasteiger partial charge on any atom is -0.454 e. The van der Waals surface area contributed by atoms with Crippen LogP contribution in [0.4, 0.5) is 0 Å². The number of nitrogens with zero attached hydrogens (tertiary/aromatic N) is 1. The van der Waals surface area contributed by atoms with E-state index < -0.39 is 17.4 Å². The van der Waals surface area contributed by atoms with Gasteiger partial charge in [0, 0.05) is 5.56 Å². The Morgan fingerprint density at radius 1 is 1.29 bits per heavy atom. The van der Waals surface area contributed by atoms with Crippen molar-refractivity contribution in [1.82, 2.24) is 0 Å².